The van der Waals surface area contributed by atoms with Crippen molar-refractivity contribution >= 4 is 15.7 Å². The molecule has 1 aliphatic carbocycles. The molecule has 0 aromatic heterocycles. The molecular formula is C15H29N3O3S. The van der Waals surface area contributed by atoms with Crippen LogP contribution in [0.5, 0.6) is 0 Å². The van der Waals surface area contributed by atoms with E-state index in [1.54, 1.807) is 0 Å². The van der Waals surface area contributed by atoms with E-state index in [2.05, 4.69) is 15.5 Å². The van der Waals surface area contributed by atoms with Crippen molar-refractivity contribution in [3.63, 3.8) is 0 Å². The lowest BCUT2D eigenvalue weighted by Gasteiger charge is -2.27. The minimum atomic E-state index is -3.08. The standard InChI is InChI=1S/C15H29N3O3S/c19-15(6-13-22(20,21)14-4-1-2-5-14)17-7-3-10-18-11-8-16-9-12-18/h14,16H,1-13H2,(H,17,19). The second-order valence-electron chi connectivity index (χ2n) is 6.32. The van der Waals surface area contributed by atoms with E-state index < -0.39 is 9.84 Å². The maximum atomic E-state index is 12.1. The Hall–Kier alpha value is -0.660. The topological polar surface area (TPSA) is 78.5 Å². The molecule has 1 heterocycles. The number of nitrogens with one attached hydrogen (secondary N) is 2. The number of nitrogens with zero attached hydrogens (tertiary/aromatic N) is 1. The fourth-order valence-electron chi connectivity index (χ4n) is 3.20. The number of piperazine rings is 1. The molecule has 0 unspecified atom stereocenters. The van der Waals surface area contributed by atoms with Gasteiger partial charge in [0.2, 0.25) is 5.91 Å². The van der Waals surface area contributed by atoms with Gasteiger partial charge in [0.25, 0.3) is 0 Å². The van der Waals surface area contributed by atoms with Crippen molar-refractivity contribution < 1.29 is 13.2 Å². The van der Waals surface area contributed by atoms with E-state index in [1.165, 1.54) is 0 Å². The smallest absolute Gasteiger partial charge is 0.221 e. The Morgan fingerprint density at radius 1 is 1.18 bits per heavy atom. The molecule has 2 fully saturated rings. The molecular weight excluding hydrogens is 302 g/mol. The van der Waals surface area contributed by atoms with Gasteiger partial charge >= 0.3 is 0 Å². The van der Waals surface area contributed by atoms with Crippen LogP contribution in [-0.4, -0.2) is 69.5 Å². The Kier molecular flexibility index (Phi) is 7.11. The van der Waals surface area contributed by atoms with Crippen LogP contribution in [0.15, 0.2) is 0 Å². The molecule has 0 bridgehead atoms. The molecule has 6 nitrogen and oxygen atoms in total. The summed E-state index contributed by atoms with van der Waals surface area (Å²) in [5, 5.41) is 5.95. The molecule has 0 radical (unpaired) electrons. The average Bonchev–Trinajstić information content (AvgIpc) is 3.06. The molecule has 2 aliphatic rings. The zero-order valence-corrected chi connectivity index (χ0v) is 14.2. The number of carbonyl (C=O) groups excluding carboxylic acids is 1. The minimum absolute atomic E-state index is 0.00128. The molecule has 0 aromatic carbocycles. The van der Waals surface area contributed by atoms with Gasteiger partial charge in [0.1, 0.15) is 0 Å². The molecule has 0 spiro atoms. The molecule has 1 saturated heterocycles. The minimum Gasteiger partial charge on any atom is -0.356 e. The van der Waals surface area contributed by atoms with E-state index in [1.807, 2.05) is 0 Å². The molecule has 2 N–H and O–H groups in total. The van der Waals surface area contributed by atoms with Crippen LogP contribution in [0.4, 0.5) is 0 Å². The molecule has 7 heteroatoms. The predicted molar refractivity (Wildman–Crippen MR) is 87.6 cm³/mol. The van der Waals surface area contributed by atoms with Crippen molar-refractivity contribution in [1.29, 1.82) is 0 Å². The van der Waals surface area contributed by atoms with Gasteiger partial charge in [-0.05, 0) is 25.8 Å². The number of sulfone groups is 1. The summed E-state index contributed by atoms with van der Waals surface area (Å²) in [6, 6.07) is 0. The second kappa shape index (κ2) is 8.84. The first-order chi connectivity index (χ1) is 10.6. The van der Waals surface area contributed by atoms with Gasteiger partial charge in [0.05, 0.1) is 11.0 Å². The van der Waals surface area contributed by atoms with Crippen LogP contribution in [-0.2, 0) is 14.6 Å². The third-order valence-electron chi connectivity index (χ3n) is 4.61. The van der Waals surface area contributed by atoms with Crippen LogP contribution in [0, 0.1) is 0 Å². The largest absolute Gasteiger partial charge is 0.356 e. The number of amides is 1. The number of carbonyl (C=O) groups is 1. The highest BCUT2D eigenvalue weighted by Gasteiger charge is 2.28. The molecule has 1 amide bonds. The van der Waals surface area contributed by atoms with E-state index >= 15 is 0 Å². The van der Waals surface area contributed by atoms with Gasteiger partial charge in [0.15, 0.2) is 9.84 Å². The maximum absolute atomic E-state index is 12.1. The average molecular weight is 331 g/mol. The molecule has 0 aromatic rings. The first kappa shape index (κ1) is 17.7. The van der Waals surface area contributed by atoms with Gasteiger partial charge in [-0.25, -0.2) is 8.42 Å². The lowest BCUT2D eigenvalue weighted by atomic mass is 10.3. The van der Waals surface area contributed by atoms with Crippen molar-refractivity contribution in [1.82, 2.24) is 15.5 Å². The van der Waals surface area contributed by atoms with Crippen LogP contribution in [0.25, 0.3) is 0 Å². The number of hydrogen-bond donors (Lipinski definition) is 2. The number of rotatable bonds is 8. The second-order valence-corrected chi connectivity index (χ2v) is 8.72. The van der Waals surface area contributed by atoms with E-state index in [0.29, 0.717) is 6.54 Å². The number of hydrogen-bond acceptors (Lipinski definition) is 5. The Balaban J connectivity index is 1.55. The van der Waals surface area contributed by atoms with Gasteiger partial charge in [0, 0.05) is 39.1 Å². The normalized spacial score (nSPS) is 21.1. The summed E-state index contributed by atoms with van der Waals surface area (Å²) in [5.41, 5.74) is 0. The van der Waals surface area contributed by atoms with Crippen molar-refractivity contribution in [2.24, 2.45) is 0 Å². The summed E-state index contributed by atoms with van der Waals surface area (Å²) in [6.07, 6.45) is 4.57. The van der Waals surface area contributed by atoms with Crippen LogP contribution in [0.3, 0.4) is 0 Å². The van der Waals surface area contributed by atoms with Gasteiger partial charge in [-0.1, -0.05) is 12.8 Å². The van der Waals surface area contributed by atoms with Crippen molar-refractivity contribution in [3.05, 3.63) is 0 Å². The van der Waals surface area contributed by atoms with Gasteiger partial charge < -0.3 is 15.5 Å². The van der Waals surface area contributed by atoms with Crippen molar-refractivity contribution in [2.45, 2.75) is 43.8 Å². The molecule has 2 rings (SSSR count). The molecule has 128 valence electrons. The summed E-state index contributed by atoms with van der Waals surface area (Å²) in [5.74, 6) is -0.136. The zero-order chi connectivity index (χ0) is 15.8. The Labute approximate surface area is 133 Å². The highest BCUT2D eigenvalue weighted by Crippen LogP contribution is 2.25. The van der Waals surface area contributed by atoms with Crippen molar-refractivity contribution in [3.8, 4) is 0 Å². The summed E-state index contributed by atoms with van der Waals surface area (Å²) < 4.78 is 24.2. The lowest BCUT2D eigenvalue weighted by Crippen LogP contribution is -2.44. The summed E-state index contributed by atoms with van der Waals surface area (Å²) in [6.45, 7) is 5.81. The fraction of sp³-hybridized carbons (Fsp3) is 0.933. The molecule has 0 atom stereocenters. The van der Waals surface area contributed by atoms with Crippen LogP contribution >= 0.6 is 0 Å². The van der Waals surface area contributed by atoms with Gasteiger partial charge in [-0.2, -0.15) is 0 Å². The van der Waals surface area contributed by atoms with Crippen LogP contribution in [0.2, 0.25) is 0 Å². The monoisotopic (exact) mass is 331 g/mol. The zero-order valence-electron chi connectivity index (χ0n) is 13.3. The van der Waals surface area contributed by atoms with Crippen LogP contribution in [0.1, 0.15) is 38.5 Å². The van der Waals surface area contributed by atoms with Gasteiger partial charge in [-0.3, -0.25) is 4.79 Å². The van der Waals surface area contributed by atoms with E-state index in [-0.39, 0.29) is 23.3 Å². The summed E-state index contributed by atoms with van der Waals surface area (Å²) in [4.78, 5) is 14.1. The fourth-order valence-corrected chi connectivity index (χ4v) is 5.06. The predicted octanol–water partition coefficient (Wildman–Crippen LogP) is 0.145. The highest BCUT2D eigenvalue weighted by atomic mass is 32.2. The Morgan fingerprint density at radius 3 is 2.55 bits per heavy atom. The Morgan fingerprint density at radius 2 is 1.86 bits per heavy atom. The van der Waals surface area contributed by atoms with Crippen LogP contribution < -0.4 is 10.6 Å². The van der Waals surface area contributed by atoms with E-state index in [9.17, 15) is 13.2 Å². The molecule has 1 aliphatic heterocycles. The molecule has 1 saturated carbocycles. The third-order valence-corrected chi connectivity index (χ3v) is 6.87. The molecule has 22 heavy (non-hydrogen) atoms. The highest BCUT2D eigenvalue weighted by molar-refractivity contribution is 7.92. The Bertz CT molecular complexity index is 441. The lowest BCUT2D eigenvalue weighted by molar-refractivity contribution is -0.120. The van der Waals surface area contributed by atoms with E-state index in [4.69, 9.17) is 0 Å². The summed E-state index contributed by atoms with van der Waals surface area (Å²) in [7, 11) is -3.08. The maximum Gasteiger partial charge on any atom is 0.221 e. The quantitative estimate of drug-likeness (QED) is 0.619. The van der Waals surface area contributed by atoms with Gasteiger partial charge in [-0.15, -0.1) is 0 Å². The van der Waals surface area contributed by atoms with E-state index in [0.717, 1.165) is 64.8 Å². The summed E-state index contributed by atoms with van der Waals surface area (Å²) >= 11 is 0. The SMILES string of the molecule is O=C(CCS(=O)(=O)C1CCCC1)NCCCN1CCNCC1. The van der Waals surface area contributed by atoms with Crippen molar-refractivity contribution in [2.75, 3.05) is 45.0 Å². The third kappa shape index (κ3) is 5.85. The first-order valence-corrected chi connectivity index (χ1v) is 10.2. The first-order valence-electron chi connectivity index (χ1n) is 8.49.